The third kappa shape index (κ3) is 5.88. The Morgan fingerprint density at radius 3 is 2.12 bits per heavy atom. The molecule has 0 atom stereocenters. The molecule has 0 unspecified atom stereocenters. The Morgan fingerprint density at radius 2 is 2.00 bits per heavy atom. The van der Waals surface area contributed by atoms with Gasteiger partial charge in [-0.2, -0.15) is 0 Å². The second-order valence-corrected chi connectivity index (χ2v) is 2.50. The Balaban J connectivity index is 3.11. The number of rotatable bonds is 3. The van der Waals surface area contributed by atoms with Crippen LogP contribution in [0.5, 0.6) is 0 Å². The first-order chi connectivity index (χ1) is 3.56. The Kier molecular flexibility index (Phi) is 2.97. The van der Waals surface area contributed by atoms with Crippen molar-refractivity contribution in [3.05, 3.63) is 0 Å². The molecule has 8 heavy (non-hydrogen) atoms. The van der Waals surface area contributed by atoms with Crippen LogP contribution in [-0.2, 0) is 4.74 Å². The first-order valence-electron chi connectivity index (χ1n) is 2.63. The van der Waals surface area contributed by atoms with Gasteiger partial charge in [-0.15, -0.1) is 0 Å². The molecule has 0 saturated heterocycles. The van der Waals surface area contributed by atoms with Crippen molar-refractivity contribution in [2.75, 3.05) is 13.3 Å². The van der Waals surface area contributed by atoms with Gasteiger partial charge in [-0.25, -0.2) is 0 Å². The van der Waals surface area contributed by atoms with Crippen LogP contribution in [0.15, 0.2) is 0 Å². The van der Waals surface area contributed by atoms with Gasteiger partial charge in [0.1, 0.15) is 0 Å². The minimum atomic E-state index is -0.251. The van der Waals surface area contributed by atoms with Crippen LogP contribution in [0.4, 0.5) is 0 Å². The summed E-state index contributed by atoms with van der Waals surface area (Å²) in [7, 11) is 0. The van der Waals surface area contributed by atoms with E-state index >= 15 is 0 Å². The van der Waals surface area contributed by atoms with Gasteiger partial charge in [0.15, 0.2) is 0 Å². The van der Waals surface area contributed by atoms with E-state index < -0.39 is 0 Å². The van der Waals surface area contributed by atoms with Gasteiger partial charge in [0.25, 0.3) is 0 Å². The molecule has 0 amide bonds. The maximum atomic E-state index is 5.54. The summed E-state index contributed by atoms with van der Waals surface area (Å²) in [6, 6.07) is 0. The molecule has 3 heteroatoms. The van der Waals surface area contributed by atoms with Gasteiger partial charge < -0.3 is 16.2 Å². The molecule has 0 heterocycles. The van der Waals surface area contributed by atoms with Crippen LogP contribution in [0.1, 0.15) is 13.8 Å². The highest BCUT2D eigenvalue weighted by atomic mass is 16.5. The second kappa shape index (κ2) is 3.02. The zero-order valence-electron chi connectivity index (χ0n) is 5.48. The monoisotopic (exact) mass is 118 g/mol. The molecule has 0 aromatic heterocycles. The molecule has 0 aliphatic carbocycles. The van der Waals surface area contributed by atoms with E-state index in [2.05, 4.69) is 0 Å². The van der Waals surface area contributed by atoms with E-state index in [1.54, 1.807) is 0 Å². The molecule has 3 nitrogen and oxygen atoms in total. The summed E-state index contributed by atoms with van der Waals surface area (Å²) in [6.45, 7) is 4.55. The maximum Gasteiger partial charge on any atom is 0.0941 e. The Morgan fingerprint density at radius 1 is 1.50 bits per heavy atom. The van der Waals surface area contributed by atoms with Gasteiger partial charge >= 0.3 is 0 Å². The number of nitrogens with two attached hydrogens (primary N) is 2. The average molecular weight is 118 g/mol. The third-order valence-corrected chi connectivity index (χ3v) is 0.592. The van der Waals surface area contributed by atoms with Gasteiger partial charge in [0.05, 0.1) is 13.3 Å². The summed E-state index contributed by atoms with van der Waals surface area (Å²) >= 11 is 0. The highest BCUT2D eigenvalue weighted by molar-refractivity contribution is 4.69. The standard InChI is InChI=1S/C5H14N2O/c1-5(2,7)3-8-4-6/h3-4,6-7H2,1-2H3. The van der Waals surface area contributed by atoms with Gasteiger partial charge in [-0.05, 0) is 13.8 Å². The second-order valence-electron chi connectivity index (χ2n) is 2.50. The van der Waals surface area contributed by atoms with E-state index in [4.69, 9.17) is 16.2 Å². The van der Waals surface area contributed by atoms with Crippen molar-refractivity contribution in [2.24, 2.45) is 11.5 Å². The predicted molar refractivity (Wildman–Crippen MR) is 33.3 cm³/mol. The van der Waals surface area contributed by atoms with Crippen LogP contribution < -0.4 is 11.5 Å². The fourth-order valence-electron chi connectivity index (χ4n) is 0.322. The smallest absolute Gasteiger partial charge is 0.0941 e. The van der Waals surface area contributed by atoms with Gasteiger partial charge in [-0.1, -0.05) is 0 Å². The summed E-state index contributed by atoms with van der Waals surface area (Å²) in [6.07, 6.45) is 0. The molecule has 0 radical (unpaired) electrons. The van der Waals surface area contributed by atoms with Gasteiger partial charge in [-0.3, -0.25) is 0 Å². The summed E-state index contributed by atoms with van der Waals surface area (Å²) in [5, 5.41) is 0. The third-order valence-electron chi connectivity index (χ3n) is 0.592. The number of hydrogen-bond acceptors (Lipinski definition) is 3. The van der Waals surface area contributed by atoms with Crippen LogP contribution in [0.3, 0.4) is 0 Å². The molecule has 0 fully saturated rings. The van der Waals surface area contributed by atoms with E-state index in [1.165, 1.54) is 0 Å². The summed E-state index contributed by atoms with van der Waals surface area (Å²) in [5.41, 5.74) is 10.3. The summed E-state index contributed by atoms with van der Waals surface area (Å²) < 4.78 is 4.85. The zero-order valence-corrected chi connectivity index (χ0v) is 5.48. The van der Waals surface area contributed by atoms with Crippen LogP contribution >= 0.6 is 0 Å². The molecule has 0 rings (SSSR count). The fourth-order valence-corrected chi connectivity index (χ4v) is 0.322. The Hall–Kier alpha value is -0.120. The van der Waals surface area contributed by atoms with Crippen molar-refractivity contribution < 1.29 is 4.74 Å². The molecule has 0 bridgehead atoms. The summed E-state index contributed by atoms with van der Waals surface area (Å²) in [4.78, 5) is 0. The topological polar surface area (TPSA) is 61.3 Å². The normalized spacial score (nSPS) is 12.0. The highest BCUT2D eigenvalue weighted by Gasteiger charge is 2.08. The molecule has 4 N–H and O–H groups in total. The first-order valence-corrected chi connectivity index (χ1v) is 2.63. The largest absolute Gasteiger partial charge is 0.365 e. The quantitative estimate of drug-likeness (QED) is 0.498. The lowest BCUT2D eigenvalue weighted by molar-refractivity contribution is 0.103. The number of hydrogen-bond donors (Lipinski definition) is 2. The first kappa shape index (κ1) is 7.88. The molecule has 0 aromatic carbocycles. The maximum absolute atomic E-state index is 5.54. The molecule has 0 aliphatic rings. The van der Waals surface area contributed by atoms with E-state index in [0.29, 0.717) is 6.61 Å². The van der Waals surface area contributed by atoms with Gasteiger partial charge in [0.2, 0.25) is 0 Å². The predicted octanol–water partition coefficient (Wildman–Crippen LogP) is -0.343. The van der Waals surface area contributed by atoms with E-state index in [0.717, 1.165) is 0 Å². The fraction of sp³-hybridized carbons (Fsp3) is 1.00. The van der Waals surface area contributed by atoms with Crippen LogP contribution in [0.2, 0.25) is 0 Å². The Labute approximate surface area is 50.0 Å². The highest BCUT2D eigenvalue weighted by Crippen LogP contribution is 1.94. The lowest BCUT2D eigenvalue weighted by atomic mass is 10.1. The minimum Gasteiger partial charge on any atom is -0.365 e. The van der Waals surface area contributed by atoms with Crippen molar-refractivity contribution in [3.63, 3.8) is 0 Å². The van der Waals surface area contributed by atoms with Crippen LogP contribution in [0.25, 0.3) is 0 Å². The lowest BCUT2D eigenvalue weighted by Gasteiger charge is -2.16. The van der Waals surface area contributed by atoms with E-state index in [9.17, 15) is 0 Å². The van der Waals surface area contributed by atoms with Crippen molar-refractivity contribution in [3.8, 4) is 0 Å². The molecule has 0 aromatic rings. The van der Waals surface area contributed by atoms with Crippen molar-refractivity contribution in [1.29, 1.82) is 0 Å². The van der Waals surface area contributed by atoms with Crippen molar-refractivity contribution in [1.82, 2.24) is 0 Å². The average Bonchev–Trinajstić information content (AvgIpc) is 1.59. The van der Waals surface area contributed by atoms with Crippen LogP contribution in [0, 0.1) is 0 Å². The minimum absolute atomic E-state index is 0.251. The van der Waals surface area contributed by atoms with Crippen molar-refractivity contribution >= 4 is 0 Å². The SMILES string of the molecule is CC(C)(N)COCN. The molecule has 0 spiro atoms. The zero-order chi connectivity index (χ0) is 6.62. The van der Waals surface area contributed by atoms with E-state index in [1.807, 2.05) is 13.8 Å². The molecular weight excluding hydrogens is 104 g/mol. The lowest BCUT2D eigenvalue weighted by Crippen LogP contribution is -2.38. The van der Waals surface area contributed by atoms with Crippen LogP contribution in [-0.4, -0.2) is 18.9 Å². The van der Waals surface area contributed by atoms with Gasteiger partial charge in [0, 0.05) is 5.54 Å². The molecule has 0 saturated carbocycles. The Bertz CT molecular complexity index is 57.9. The molecule has 50 valence electrons. The molecule has 0 aliphatic heterocycles. The number of ether oxygens (including phenoxy) is 1. The molecular formula is C5H14N2O. The van der Waals surface area contributed by atoms with E-state index in [-0.39, 0.29) is 12.3 Å². The summed E-state index contributed by atoms with van der Waals surface area (Å²) in [5.74, 6) is 0. The van der Waals surface area contributed by atoms with Crippen molar-refractivity contribution in [2.45, 2.75) is 19.4 Å².